The zero-order valence-electron chi connectivity index (χ0n) is 11.4. The van der Waals surface area contributed by atoms with Gasteiger partial charge in [0.2, 0.25) is 0 Å². The second-order valence-electron chi connectivity index (χ2n) is 5.36. The average molecular weight is 279 g/mol. The molecule has 0 spiro atoms. The van der Waals surface area contributed by atoms with Gasteiger partial charge < -0.3 is 4.98 Å². The van der Waals surface area contributed by atoms with Crippen LogP contribution in [0.15, 0.2) is 24.4 Å². The number of sulfone groups is 1. The number of aromatic amines is 1. The number of H-pyrrole nitrogens is 1. The second kappa shape index (κ2) is 4.20. The first-order valence-electron chi connectivity index (χ1n) is 5.97. The molecule has 0 radical (unpaired) electrons. The Morgan fingerprint density at radius 2 is 1.89 bits per heavy atom. The van der Waals surface area contributed by atoms with E-state index in [4.69, 9.17) is 0 Å². The van der Waals surface area contributed by atoms with E-state index in [-0.39, 0.29) is 5.78 Å². The molecule has 5 heteroatoms. The van der Waals surface area contributed by atoms with Gasteiger partial charge in [-0.15, -0.1) is 0 Å². The summed E-state index contributed by atoms with van der Waals surface area (Å²) in [6, 6.07) is 5.71. The number of benzene rings is 1. The van der Waals surface area contributed by atoms with Crippen molar-refractivity contribution in [2.24, 2.45) is 0 Å². The quantitative estimate of drug-likeness (QED) is 0.878. The highest BCUT2D eigenvalue weighted by molar-refractivity contribution is 7.92. The van der Waals surface area contributed by atoms with Gasteiger partial charge in [0.05, 0.1) is 0 Å². The number of carbonyl (C=O) groups is 1. The Kier molecular flexibility index (Phi) is 3.05. The topological polar surface area (TPSA) is 67.0 Å². The van der Waals surface area contributed by atoms with Crippen LogP contribution in [0.5, 0.6) is 0 Å². The Labute approximate surface area is 112 Å². The smallest absolute Gasteiger partial charge is 0.185 e. The molecule has 1 aromatic carbocycles. The van der Waals surface area contributed by atoms with E-state index >= 15 is 0 Å². The molecule has 0 bridgehead atoms. The predicted molar refractivity (Wildman–Crippen MR) is 76.3 cm³/mol. The lowest BCUT2D eigenvalue weighted by Crippen LogP contribution is -2.39. The zero-order chi connectivity index (χ0) is 14.4. The molecule has 0 unspecified atom stereocenters. The first kappa shape index (κ1) is 13.8. The summed E-state index contributed by atoms with van der Waals surface area (Å²) in [6.45, 7) is 4.82. The SMILES string of the molecule is Cc1ccc2[nH]cc(C(=O)C(C)(C)S(C)(=O)=O)c2c1. The Morgan fingerprint density at radius 1 is 1.26 bits per heavy atom. The van der Waals surface area contributed by atoms with Crippen molar-refractivity contribution in [1.29, 1.82) is 0 Å². The minimum Gasteiger partial charge on any atom is -0.360 e. The summed E-state index contributed by atoms with van der Waals surface area (Å²) in [6.07, 6.45) is 2.67. The number of carbonyl (C=O) groups excluding carboxylic acids is 1. The first-order chi connectivity index (χ1) is 8.64. The minimum atomic E-state index is -3.47. The maximum Gasteiger partial charge on any atom is 0.185 e. The predicted octanol–water partition coefficient (Wildman–Crippen LogP) is 2.48. The van der Waals surface area contributed by atoms with Gasteiger partial charge in [-0.1, -0.05) is 11.6 Å². The van der Waals surface area contributed by atoms with E-state index in [0.717, 1.165) is 22.7 Å². The zero-order valence-corrected chi connectivity index (χ0v) is 12.3. The molecule has 0 aliphatic rings. The number of aromatic nitrogens is 1. The van der Waals surface area contributed by atoms with Gasteiger partial charge in [-0.25, -0.2) is 8.42 Å². The number of ketones is 1. The average Bonchev–Trinajstić information content (AvgIpc) is 2.69. The molecule has 4 nitrogen and oxygen atoms in total. The molecule has 0 saturated carbocycles. The minimum absolute atomic E-state index is 0.383. The lowest BCUT2D eigenvalue weighted by atomic mass is 9.99. The number of fused-ring (bicyclic) bond motifs is 1. The van der Waals surface area contributed by atoms with Crippen LogP contribution in [-0.2, 0) is 9.84 Å². The highest BCUT2D eigenvalue weighted by atomic mass is 32.2. The fourth-order valence-electron chi connectivity index (χ4n) is 1.92. The van der Waals surface area contributed by atoms with Gasteiger partial charge in [0, 0.05) is 28.9 Å². The molecule has 2 aromatic rings. The van der Waals surface area contributed by atoms with E-state index in [9.17, 15) is 13.2 Å². The van der Waals surface area contributed by atoms with Crippen LogP contribution in [-0.4, -0.2) is 30.2 Å². The van der Waals surface area contributed by atoms with Crippen LogP contribution >= 0.6 is 0 Å². The largest absolute Gasteiger partial charge is 0.360 e. The summed E-state index contributed by atoms with van der Waals surface area (Å²) < 4.78 is 22.1. The molecular formula is C14H17NO3S. The van der Waals surface area contributed by atoms with E-state index in [2.05, 4.69) is 4.98 Å². The normalized spacial score (nSPS) is 12.8. The van der Waals surface area contributed by atoms with E-state index in [1.807, 2.05) is 25.1 Å². The molecule has 0 amide bonds. The number of aryl methyl sites for hydroxylation is 1. The third-order valence-electron chi connectivity index (χ3n) is 3.56. The van der Waals surface area contributed by atoms with E-state index in [1.54, 1.807) is 6.20 Å². The van der Waals surface area contributed by atoms with Crippen LogP contribution in [0.25, 0.3) is 10.9 Å². The Morgan fingerprint density at radius 3 is 2.47 bits per heavy atom. The van der Waals surface area contributed by atoms with Gasteiger partial charge in [0.25, 0.3) is 0 Å². The van der Waals surface area contributed by atoms with Crippen molar-refractivity contribution in [3.05, 3.63) is 35.5 Å². The molecule has 0 fully saturated rings. The van der Waals surface area contributed by atoms with Crippen molar-refractivity contribution in [3.8, 4) is 0 Å². The van der Waals surface area contributed by atoms with Crippen molar-refractivity contribution in [3.63, 3.8) is 0 Å². The van der Waals surface area contributed by atoms with Gasteiger partial charge in [-0.3, -0.25) is 4.79 Å². The van der Waals surface area contributed by atoms with Crippen molar-refractivity contribution in [2.45, 2.75) is 25.5 Å². The van der Waals surface area contributed by atoms with Gasteiger partial charge in [0.15, 0.2) is 15.6 Å². The third kappa shape index (κ3) is 2.18. The van der Waals surface area contributed by atoms with Gasteiger partial charge in [0.1, 0.15) is 4.75 Å². The molecule has 19 heavy (non-hydrogen) atoms. The first-order valence-corrected chi connectivity index (χ1v) is 7.86. The van der Waals surface area contributed by atoms with Gasteiger partial charge in [-0.2, -0.15) is 0 Å². The van der Waals surface area contributed by atoms with Crippen LogP contribution in [0.1, 0.15) is 29.8 Å². The molecular weight excluding hydrogens is 262 g/mol. The number of Topliss-reactive ketones (excluding diaryl/α,β-unsaturated/α-hetero) is 1. The molecule has 0 aliphatic heterocycles. The third-order valence-corrected chi connectivity index (χ3v) is 5.60. The van der Waals surface area contributed by atoms with E-state index in [1.165, 1.54) is 13.8 Å². The van der Waals surface area contributed by atoms with Crippen molar-refractivity contribution in [2.75, 3.05) is 6.26 Å². The Bertz CT molecular complexity index is 754. The lowest BCUT2D eigenvalue weighted by molar-refractivity contribution is 0.0956. The molecule has 0 saturated heterocycles. The van der Waals surface area contributed by atoms with Crippen molar-refractivity contribution >= 4 is 26.5 Å². The molecule has 1 N–H and O–H groups in total. The second-order valence-corrected chi connectivity index (χ2v) is 7.93. The number of rotatable bonds is 3. The van der Waals surface area contributed by atoms with E-state index in [0.29, 0.717) is 5.56 Å². The number of nitrogens with one attached hydrogen (secondary N) is 1. The summed E-state index contributed by atoms with van der Waals surface area (Å²) in [4.78, 5) is 15.5. The molecule has 102 valence electrons. The molecule has 0 atom stereocenters. The highest BCUT2D eigenvalue weighted by Gasteiger charge is 2.39. The summed E-state index contributed by atoms with van der Waals surface area (Å²) >= 11 is 0. The van der Waals surface area contributed by atoms with Gasteiger partial charge >= 0.3 is 0 Å². The number of hydrogen-bond donors (Lipinski definition) is 1. The summed E-state index contributed by atoms with van der Waals surface area (Å²) in [5, 5.41) is 0.765. The molecule has 0 aliphatic carbocycles. The van der Waals surface area contributed by atoms with Gasteiger partial charge in [-0.05, 0) is 32.9 Å². The summed E-state index contributed by atoms with van der Waals surface area (Å²) in [5.74, 6) is -0.383. The monoisotopic (exact) mass is 279 g/mol. The Balaban J connectivity index is 2.63. The molecule has 1 heterocycles. The summed E-state index contributed by atoms with van der Waals surface area (Å²) in [5.41, 5.74) is 2.28. The lowest BCUT2D eigenvalue weighted by Gasteiger charge is -2.20. The van der Waals surface area contributed by atoms with Crippen LogP contribution in [0.3, 0.4) is 0 Å². The van der Waals surface area contributed by atoms with Crippen LogP contribution in [0.2, 0.25) is 0 Å². The van der Waals surface area contributed by atoms with Crippen molar-refractivity contribution in [1.82, 2.24) is 4.98 Å². The number of hydrogen-bond acceptors (Lipinski definition) is 3. The van der Waals surface area contributed by atoms with E-state index < -0.39 is 14.6 Å². The standard InChI is InChI=1S/C14H17NO3S/c1-9-5-6-12-10(7-9)11(8-15-12)13(16)14(2,3)19(4,17)18/h5-8,15H,1-4H3. The Hall–Kier alpha value is -1.62. The fourth-order valence-corrected chi connectivity index (χ4v) is 2.36. The maximum absolute atomic E-state index is 12.5. The summed E-state index contributed by atoms with van der Waals surface area (Å²) in [7, 11) is -3.47. The maximum atomic E-state index is 12.5. The highest BCUT2D eigenvalue weighted by Crippen LogP contribution is 2.27. The molecule has 1 aromatic heterocycles. The van der Waals surface area contributed by atoms with Crippen LogP contribution in [0.4, 0.5) is 0 Å². The molecule has 2 rings (SSSR count). The van der Waals surface area contributed by atoms with Crippen LogP contribution < -0.4 is 0 Å². The van der Waals surface area contributed by atoms with Crippen LogP contribution in [0, 0.1) is 6.92 Å². The van der Waals surface area contributed by atoms with Crippen molar-refractivity contribution < 1.29 is 13.2 Å². The fraction of sp³-hybridized carbons (Fsp3) is 0.357.